The number of carbonyl (C=O) groups is 1. The summed E-state index contributed by atoms with van der Waals surface area (Å²) < 4.78 is 5.44. The summed E-state index contributed by atoms with van der Waals surface area (Å²) in [5.74, 6) is -0.585. The lowest BCUT2D eigenvalue weighted by molar-refractivity contribution is 0.135. The van der Waals surface area contributed by atoms with Crippen LogP contribution in [0.15, 0.2) is 103 Å². The van der Waals surface area contributed by atoms with Gasteiger partial charge in [-0.15, -0.1) is 0 Å². The van der Waals surface area contributed by atoms with Crippen molar-refractivity contribution in [1.82, 2.24) is 5.32 Å². The first kappa shape index (κ1) is 20.2. The quantitative estimate of drug-likeness (QED) is 0.420. The number of ether oxygens (including phenoxy) is 1. The number of alkyl carbamates (subject to hydrolysis) is 1. The van der Waals surface area contributed by atoms with Crippen LogP contribution in [0.5, 0.6) is 0 Å². The van der Waals surface area contributed by atoms with Crippen LogP contribution >= 0.6 is 0 Å². The van der Waals surface area contributed by atoms with Crippen molar-refractivity contribution >= 4 is 16.9 Å². The molecule has 0 saturated heterocycles. The Kier molecular flexibility index (Phi) is 6.25. The smallest absolute Gasteiger partial charge is 0.408 e. The summed E-state index contributed by atoms with van der Waals surface area (Å²) in [6.45, 7) is 0.166. The van der Waals surface area contributed by atoms with Gasteiger partial charge in [-0.3, -0.25) is 0 Å². The normalized spacial score (nSPS) is 12.5. The summed E-state index contributed by atoms with van der Waals surface area (Å²) in [6, 6.07) is 34.8. The molecule has 4 rings (SSSR count). The summed E-state index contributed by atoms with van der Waals surface area (Å²) in [5.41, 5.74) is 2.62. The second-order valence-corrected chi connectivity index (χ2v) is 7.27. The van der Waals surface area contributed by atoms with Crippen LogP contribution < -0.4 is 5.32 Å². The average Bonchev–Trinajstić information content (AvgIpc) is 2.84. The largest absolute Gasteiger partial charge is 0.445 e. The molecule has 0 aliphatic rings. The molecule has 0 bridgehead atoms. The van der Waals surface area contributed by atoms with Gasteiger partial charge in [-0.25, -0.2) is 4.79 Å². The molecule has 4 aromatic carbocycles. The van der Waals surface area contributed by atoms with Crippen molar-refractivity contribution in [1.29, 1.82) is 5.26 Å². The molecule has 1 amide bonds. The van der Waals surface area contributed by atoms with E-state index in [1.807, 2.05) is 103 Å². The minimum Gasteiger partial charge on any atom is -0.445 e. The van der Waals surface area contributed by atoms with E-state index in [9.17, 15) is 10.1 Å². The van der Waals surface area contributed by atoms with E-state index >= 15 is 0 Å². The Bertz CT molecular complexity index is 1190. The Hall–Kier alpha value is -4.10. The second kappa shape index (κ2) is 9.60. The molecule has 2 atom stereocenters. The van der Waals surface area contributed by atoms with E-state index in [4.69, 9.17) is 4.74 Å². The van der Waals surface area contributed by atoms with Crippen LogP contribution in [-0.4, -0.2) is 6.09 Å². The molecule has 0 aliphatic heterocycles. The maximum atomic E-state index is 12.7. The Morgan fingerprint density at radius 3 is 2.23 bits per heavy atom. The first-order valence-electron chi connectivity index (χ1n) is 10.2. The zero-order chi connectivity index (χ0) is 21.5. The molecule has 0 aromatic heterocycles. The number of hydrogen-bond acceptors (Lipinski definition) is 3. The van der Waals surface area contributed by atoms with Crippen LogP contribution in [0.2, 0.25) is 0 Å². The third-order valence-electron chi connectivity index (χ3n) is 5.28. The predicted molar refractivity (Wildman–Crippen MR) is 121 cm³/mol. The maximum absolute atomic E-state index is 12.7. The fourth-order valence-corrected chi connectivity index (χ4v) is 3.76. The number of nitrogens with zero attached hydrogens (tertiary/aromatic N) is 1. The van der Waals surface area contributed by atoms with Gasteiger partial charge >= 0.3 is 6.09 Å². The van der Waals surface area contributed by atoms with Gasteiger partial charge in [0.05, 0.1) is 18.0 Å². The van der Waals surface area contributed by atoms with Crippen molar-refractivity contribution < 1.29 is 9.53 Å². The highest BCUT2D eigenvalue weighted by atomic mass is 16.5. The lowest BCUT2D eigenvalue weighted by Crippen LogP contribution is -2.32. The Labute approximate surface area is 181 Å². The molecule has 0 saturated carbocycles. The van der Waals surface area contributed by atoms with Crippen LogP contribution in [0.4, 0.5) is 4.79 Å². The van der Waals surface area contributed by atoms with Gasteiger partial charge in [-0.05, 0) is 27.5 Å². The highest BCUT2D eigenvalue weighted by molar-refractivity contribution is 5.86. The maximum Gasteiger partial charge on any atom is 0.408 e. The van der Waals surface area contributed by atoms with Crippen LogP contribution in [0, 0.1) is 11.3 Å². The van der Waals surface area contributed by atoms with Gasteiger partial charge in [-0.2, -0.15) is 5.26 Å². The first-order chi connectivity index (χ1) is 15.3. The SMILES string of the molecule is N#C[C@@H](c1cccc2ccccc12)[C@@H](NC(=O)OCc1ccccc1)c1ccccc1. The van der Waals surface area contributed by atoms with Crippen molar-refractivity contribution in [3.8, 4) is 6.07 Å². The van der Waals surface area contributed by atoms with E-state index in [1.165, 1.54) is 0 Å². The van der Waals surface area contributed by atoms with Gasteiger partial charge in [0.2, 0.25) is 0 Å². The highest BCUT2D eigenvalue weighted by Gasteiger charge is 2.28. The molecule has 0 radical (unpaired) electrons. The second-order valence-electron chi connectivity index (χ2n) is 7.27. The van der Waals surface area contributed by atoms with Crippen LogP contribution in [-0.2, 0) is 11.3 Å². The van der Waals surface area contributed by atoms with E-state index in [0.29, 0.717) is 0 Å². The zero-order valence-electron chi connectivity index (χ0n) is 16.9. The third-order valence-corrected chi connectivity index (χ3v) is 5.28. The van der Waals surface area contributed by atoms with E-state index in [-0.39, 0.29) is 6.61 Å². The third kappa shape index (κ3) is 4.73. The summed E-state index contributed by atoms with van der Waals surface area (Å²) in [4.78, 5) is 12.7. The number of carbonyl (C=O) groups excluding carboxylic acids is 1. The Morgan fingerprint density at radius 2 is 1.48 bits per heavy atom. The van der Waals surface area contributed by atoms with Gasteiger partial charge < -0.3 is 10.1 Å². The van der Waals surface area contributed by atoms with Gasteiger partial charge in [0, 0.05) is 0 Å². The topological polar surface area (TPSA) is 62.1 Å². The van der Waals surface area contributed by atoms with Crippen molar-refractivity contribution in [2.24, 2.45) is 0 Å². The molecule has 0 fully saturated rings. The van der Waals surface area contributed by atoms with Crippen molar-refractivity contribution in [3.63, 3.8) is 0 Å². The van der Waals surface area contributed by atoms with E-state index in [1.54, 1.807) is 0 Å². The number of nitriles is 1. The lowest BCUT2D eigenvalue weighted by atomic mass is 9.85. The van der Waals surface area contributed by atoms with Crippen molar-refractivity contribution in [3.05, 3.63) is 120 Å². The first-order valence-corrected chi connectivity index (χ1v) is 10.2. The molecule has 4 aromatic rings. The molecule has 152 valence electrons. The molecular formula is C27H22N2O2. The number of rotatable bonds is 6. The molecule has 0 aliphatic carbocycles. The lowest BCUT2D eigenvalue weighted by Gasteiger charge is -2.25. The summed E-state index contributed by atoms with van der Waals surface area (Å²) in [5, 5.41) is 15.1. The fourth-order valence-electron chi connectivity index (χ4n) is 3.76. The van der Waals surface area contributed by atoms with E-state index in [0.717, 1.165) is 27.5 Å². The van der Waals surface area contributed by atoms with Crippen molar-refractivity contribution in [2.75, 3.05) is 0 Å². The van der Waals surface area contributed by atoms with Crippen LogP contribution in [0.25, 0.3) is 10.8 Å². The number of hydrogen-bond donors (Lipinski definition) is 1. The van der Waals surface area contributed by atoms with Gasteiger partial charge in [-0.1, -0.05) is 103 Å². The Morgan fingerprint density at radius 1 is 0.839 bits per heavy atom. The molecule has 0 spiro atoms. The van der Waals surface area contributed by atoms with Crippen LogP contribution in [0.3, 0.4) is 0 Å². The molecule has 31 heavy (non-hydrogen) atoms. The molecule has 4 nitrogen and oxygen atoms in total. The summed E-state index contributed by atoms with van der Waals surface area (Å²) in [6.07, 6.45) is -0.557. The van der Waals surface area contributed by atoms with Crippen LogP contribution in [0.1, 0.15) is 28.7 Å². The highest BCUT2D eigenvalue weighted by Crippen LogP contribution is 2.34. The van der Waals surface area contributed by atoms with Gasteiger partial charge in [0.25, 0.3) is 0 Å². The average molecular weight is 406 g/mol. The minimum absolute atomic E-state index is 0.166. The molecule has 4 heteroatoms. The summed E-state index contributed by atoms with van der Waals surface area (Å²) >= 11 is 0. The molecule has 1 N–H and O–H groups in total. The molecule has 0 unspecified atom stereocenters. The monoisotopic (exact) mass is 406 g/mol. The minimum atomic E-state index is -0.585. The fraction of sp³-hybridized carbons (Fsp3) is 0.111. The molecule has 0 heterocycles. The summed E-state index contributed by atoms with van der Waals surface area (Å²) in [7, 11) is 0. The van der Waals surface area contributed by atoms with Crippen molar-refractivity contribution in [2.45, 2.75) is 18.6 Å². The van der Waals surface area contributed by atoms with Gasteiger partial charge in [0.1, 0.15) is 6.61 Å². The standard InChI is InChI=1S/C27H22N2O2/c28-18-25(24-17-9-15-21-12-7-8-16-23(21)24)26(22-13-5-2-6-14-22)29-27(30)31-19-20-10-3-1-4-11-20/h1-17,25-26H,19H2,(H,29,30)/t25-,26-/m0/s1. The predicted octanol–water partition coefficient (Wildman–Crippen LogP) is 6.11. The van der Waals surface area contributed by atoms with Gasteiger partial charge in [0.15, 0.2) is 0 Å². The zero-order valence-corrected chi connectivity index (χ0v) is 16.9. The number of benzene rings is 4. The van der Waals surface area contributed by atoms with E-state index < -0.39 is 18.1 Å². The number of amides is 1. The number of fused-ring (bicyclic) bond motifs is 1. The Balaban J connectivity index is 1.64. The van der Waals surface area contributed by atoms with E-state index in [2.05, 4.69) is 11.4 Å². The number of nitrogens with one attached hydrogen (secondary N) is 1. The molecular weight excluding hydrogens is 384 g/mol.